The molecule has 1 aromatic rings. The normalized spacial score (nSPS) is 25.9. The number of nitrogens with zero attached hydrogens (tertiary/aromatic N) is 4. The molecular formula is C15H24N4. The van der Waals surface area contributed by atoms with Gasteiger partial charge < -0.3 is 9.80 Å². The maximum atomic E-state index is 4.42. The van der Waals surface area contributed by atoms with Gasteiger partial charge in [0.2, 0.25) is 5.95 Å². The highest BCUT2D eigenvalue weighted by Crippen LogP contribution is 2.30. The van der Waals surface area contributed by atoms with Crippen molar-refractivity contribution in [1.29, 1.82) is 0 Å². The fourth-order valence-electron chi connectivity index (χ4n) is 3.47. The van der Waals surface area contributed by atoms with Gasteiger partial charge >= 0.3 is 0 Å². The molecule has 4 nitrogen and oxygen atoms in total. The Kier molecular flexibility index (Phi) is 3.97. The first-order chi connectivity index (χ1) is 9.33. The molecule has 3 rings (SSSR count). The molecule has 2 fully saturated rings. The Morgan fingerprint density at radius 3 is 2.58 bits per heavy atom. The molecule has 3 heterocycles. The molecule has 4 heteroatoms. The first kappa shape index (κ1) is 12.9. The number of likely N-dealkylation sites (tertiary alicyclic amines) is 1. The lowest BCUT2D eigenvalue weighted by atomic mass is 9.89. The molecule has 1 atom stereocenters. The zero-order valence-corrected chi connectivity index (χ0v) is 11.8. The predicted molar refractivity (Wildman–Crippen MR) is 77.2 cm³/mol. The van der Waals surface area contributed by atoms with E-state index >= 15 is 0 Å². The monoisotopic (exact) mass is 260 g/mol. The lowest BCUT2D eigenvalue weighted by molar-refractivity contribution is 0.205. The summed E-state index contributed by atoms with van der Waals surface area (Å²) in [6.45, 7) is 3.65. The van der Waals surface area contributed by atoms with Crippen LogP contribution in [0.3, 0.4) is 0 Å². The number of hydrogen-bond acceptors (Lipinski definition) is 4. The van der Waals surface area contributed by atoms with Gasteiger partial charge in [0.1, 0.15) is 0 Å². The molecule has 1 unspecified atom stereocenters. The highest BCUT2D eigenvalue weighted by molar-refractivity contribution is 5.32. The Hall–Kier alpha value is -1.16. The lowest BCUT2D eigenvalue weighted by Crippen LogP contribution is -2.36. The van der Waals surface area contributed by atoms with Gasteiger partial charge in [-0.2, -0.15) is 0 Å². The van der Waals surface area contributed by atoms with Crippen molar-refractivity contribution in [3.63, 3.8) is 0 Å². The Balaban J connectivity index is 1.61. The van der Waals surface area contributed by atoms with E-state index in [-0.39, 0.29) is 0 Å². The van der Waals surface area contributed by atoms with E-state index in [1.165, 1.54) is 45.2 Å². The average Bonchev–Trinajstić information content (AvgIpc) is 2.90. The van der Waals surface area contributed by atoms with Crippen molar-refractivity contribution in [3.8, 4) is 0 Å². The molecular weight excluding hydrogens is 236 g/mol. The average molecular weight is 260 g/mol. The minimum absolute atomic E-state index is 0.663. The first-order valence-electron chi connectivity index (χ1n) is 7.55. The van der Waals surface area contributed by atoms with Gasteiger partial charge in [-0.1, -0.05) is 0 Å². The van der Waals surface area contributed by atoms with E-state index in [9.17, 15) is 0 Å². The van der Waals surface area contributed by atoms with E-state index < -0.39 is 0 Å². The second-order valence-corrected chi connectivity index (χ2v) is 6.02. The number of rotatable bonds is 3. The minimum atomic E-state index is 0.663. The maximum absolute atomic E-state index is 4.42. The molecule has 19 heavy (non-hydrogen) atoms. The summed E-state index contributed by atoms with van der Waals surface area (Å²) in [6, 6.07) is 2.56. The third-order valence-corrected chi connectivity index (χ3v) is 4.63. The van der Waals surface area contributed by atoms with Crippen LogP contribution in [0.4, 0.5) is 5.95 Å². The van der Waals surface area contributed by atoms with E-state index in [0.29, 0.717) is 6.04 Å². The lowest BCUT2D eigenvalue weighted by Gasteiger charge is -2.33. The molecule has 2 saturated heterocycles. The van der Waals surface area contributed by atoms with Crippen molar-refractivity contribution < 1.29 is 0 Å². The number of anilines is 1. The summed E-state index contributed by atoms with van der Waals surface area (Å²) in [5, 5.41) is 0. The third-order valence-electron chi connectivity index (χ3n) is 4.63. The second-order valence-electron chi connectivity index (χ2n) is 6.02. The van der Waals surface area contributed by atoms with Crippen LogP contribution in [0.25, 0.3) is 0 Å². The fourth-order valence-corrected chi connectivity index (χ4v) is 3.47. The van der Waals surface area contributed by atoms with Crippen molar-refractivity contribution in [2.24, 2.45) is 5.92 Å². The summed E-state index contributed by atoms with van der Waals surface area (Å²) in [5.74, 6) is 1.82. The second kappa shape index (κ2) is 5.87. The van der Waals surface area contributed by atoms with Crippen molar-refractivity contribution in [1.82, 2.24) is 14.9 Å². The Morgan fingerprint density at radius 2 is 1.84 bits per heavy atom. The maximum Gasteiger partial charge on any atom is 0.225 e. The predicted octanol–water partition coefficient (Wildman–Crippen LogP) is 2.18. The van der Waals surface area contributed by atoms with Gasteiger partial charge in [-0.3, -0.25) is 0 Å². The highest BCUT2D eigenvalue weighted by atomic mass is 15.3. The van der Waals surface area contributed by atoms with E-state index in [4.69, 9.17) is 0 Å². The summed E-state index contributed by atoms with van der Waals surface area (Å²) in [6.07, 6.45) is 10.3. The summed E-state index contributed by atoms with van der Waals surface area (Å²) in [4.78, 5) is 13.7. The van der Waals surface area contributed by atoms with Crippen molar-refractivity contribution in [3.05, 3.63) is 18.5 Å². The van der Waals surface area contributed by atoms with E-state index in [0.717, 1.165) is 18.4 Å². The largest absolute Gasteiger partial charge is 0.338 e. The van der Waals surface area contributed by atoms with Crippen LogP contribution in [0.5, 0.6) is 0 Å². The zero-order chi connectivity index (χ0) is 13.1. The van der Waals surface area contributed by atoms with Crippen LogP contribution < -0.4 is 4.90 Å². The summed E-state index contributed by atoms with van der Waals surface area (Å²) >= 11 is 0. The Labute approximate surface area is 115 Å². The molecule has 104 valence electrons. The number of piperidine rings is 1. The molecule has 2 aliphatic heterocycles. The van der Waals surface area contributed by atoms with Crippen LogP contribution in [-0.2, 0) is 0 Å². The summed E-state index contributed by atoms with van der Waals surface area (Å²) in [7, 11) is 2.23. The Morgan fingerprint density at radius 1 is 1.11 bits per heavy atom. The van der Waals surface area contributed by atoms with Crippen LogP contribution >= 0.6 is 0 Å². The molecule has 0 aromatic carbocycles. The molecule has 0 radical (unpaired) electrons. The Bertz CT molecular complexity index is 386. The van der Waals surface area contributed by atoms with Gasteiger partial charge in [0.25, 0.3) is 0 Å². The molecule has 0 spiro atoms. The van der Waals surface area contributed by atoms with Gasteiger partial charge in [-0.05, 0) is 64.2 Å². The molecule has 0 N–H and O–H groups in total. The first-order valence-corrected chi connectivity index (χ1v) is 7.55. The summed E-state index contributed by atoms with van der Waals surface area (Å²) < 4.78 is 0. The van der Waals surface area contributed by atoms with Crippen LogP contribution in [0.2, 0.25) is 0 Å². The topological polar surface area (TPSA) is 32.3 Å². The van der Waals surface area contributed by atoms with Crippen LogP contribution in [0.15, 0.2) is 18.5 Å². The molecule has 0 bridgehead atoms. The van der Waals surface area contributed by atoms with E-state index in [1.54, 1.807) is 0 Å². The van der Waals surface area contributed by atoms with Crippen LogP contribution in [-0.4, -0.2) is 47.6 Å². The van der Waals surface area contributed by atoms with E-state index in [1.807, 2.05) is 18.5 Å². The van der Waals surface area contributed by atoms with Crippen molar-refractivity contribution in [2.45, 2.75) is 38.1 Å². The third kappa shape index (κ3) is 3.06. The number of aromatic nitrogens is 2. The van der Waals surface area contributed by atoms with Gasteiger partial charge in [-0.15, -0.1) is 0 Å². The fraction of sp³-hybridized carbons (Fsp3) is 0.733. The van der Waals surface area contributed by atoms with Gasteiger partial charge in [0.05, 0.1) is 0 Å². The van der Waals surface area contributed by atoms with Crippen molar-refractivity contribution >= 4 is 5.95 Å². The number of hydrogen-bond donors (Lipinski definition) is 0. The highest BCUT2D eigenvalue weighted by Gasteiger charge is 2.29. The standard InChI is InChI=1S/C15H24N4/c1-18-10-5-13(6-11-18)12-14-4-2-9-19(14)15-16-7-3-8-17-15/h3,7-8,13-14H,2,4-6,9-12H2,1H3. The van der Waals surface area contributed by atoms with Crippen LogP contribution in [0, 0.1) is 5.92 Å². The molecule has 0 aliphatic carbocycles. The van der Waals surface area contributed by atoms with Gasteiger partial charge in [0.15, 0.2) is 0 Å². The van der Waals surface area contributed by atoms with Crippen molar-refractivity contribution in [2.75, 3.05) is 31.6 Å². The van der Waals surface area contributed by atoms with Gasteiger partial charge in [-0.25, -0.2) is 9.97 Å². The molecule has 0 saturated carbocycles. The molecule has 1 aromatic heterocycles. The minimum Gasteiger partial charge on any atom is -0.338 e. The van der Waals surface area contributed by atoms with Gasteiger partial charge in [0, 0.05) is 25.0 Å². The smallest absolute Gasteiger partial charge is 0.225 e. The SMILES string of the molecule is CN1CCC(CC2CCCN2c2ncccn2)CC1. The molecule has 0 amide bonds. The summed E-state index contributed by atoms with van der Waals surface area (Å²) in [5.41, 5.74) is 0. The molecule has 2 aliphatic rings. The van der Waals surface area contributed by atoms with Crippen LogP contribution in [0.1, 0.15) is 32.1 Å². The zero-order valence-electron chi connectivity index (χ0n) is 11.8. The quantitative estimate of drug-likeness (QED) is 0.834. The van der Waals surface area contributed by atoms with E-state index in [2.05, 4.69) is 26.8 Å².